The third-order valence-corrected chi connectivity index (χ3v) is 2.07. The highest BCUT2D eigenvalue weighted by atomic mass is 35.5. The van der Waals surface area contributed by atoms with Crippen LogP contribution < -0.4 is 4.74 Å². The predicted octanol–water partition coefficient (Wildman–Crippen LogP) is 2.11. The standard InChI is InChI=1S/C9H11ClO3/c1-5(11)8-6(10)3-4-7(12)9(8)13-2/h3-5,11-12H,1-2H3. The molecule has 0 fully saturated rings. The lowest BCUT2D eigenvalue weighted by molar-refractivity contribution is 0.193. The Balaban J connectivity index is 3.35. The molecule has 0 aliphatic heterocycles. The van der Waals surface area contributed by atoms with Gasteiger partial charge >= 0.3 is 0 Å². The first-order chi connectivity index (χ1) is 6.07. The Kier molecular flexibility index (Phi) is 3.01. The first kappa shape index (κ1) is 10.2. The Bertz CT molecular complexity index is 310. The Morgan fingerprint density at radius 1 is 1.46 bits per heavy atom. The van der Waals surface area contributed by atoms with Crippen molar-refractivity contribution in [3.05, 3.63) is 22.7 Å². The molecule has 0 aromatic heterocycles. The number of aromatic hydroxyl groups is 1. The van der Waals surface area contributed by atoms with E-state index in [2.05, 4.69) is 0 Å². The van der Waals surface area contributed by atoms with E-state index in [9.17, 15) is 10.2 Å². The molecule has 1 aromatic carbocycles. The van der Waals surface area contributed by atoms with Crippen LogP contribution in [-0.2, 0) is 0 Å². The second-order valence-electron chi connectivity index (χ2n) is 2.69. The fourth-order valence-electron chi connectivity index (χ4n) is 1.17. The van der Waals surface area contributed by atoms with Crippen LogP contribution in [0.2, 0.25) is 5.02 Å². The van der Waals surface area contributed by atoms with Crippen molar-refractivity contribution in [2.45, 2.75) is 13.0 Å². The molecule has 0 aliphatic carbocycles. The topological polar surface area (TPSA) is 49.7 Å². The minimum atomic E-state index is -0.769. The molecule has 72 valence electrons. The van der Waals surface area contributed by atoms with E-state index in [-0.39, 0.29) is 11.5 Å². The zero-order valence-electron chi connectivity index (χ0n) is 7.41. The molecule has 0 heterocycles. The fraction of sp³-hybridized carbons (Fsp3) is 0.333. The van der Waals surface area contributed by atoms with E-state index < -0.39 is 6.10 Å². The number of phenols is 1. The molecule has 2 N–H and O–H groups in total. The first-order valence-electron chi connectivity index (χ1n) is 3.81. The second-order valence-corrected chi connectivity index (χ2v) is 3.10. The smallest absolute Gasteiger partial charge is 0.167 e. The Morgan fingerprint density at radius 3 is 2.46 bits per heavy atom. The molecule has 13 heavy (non-hydrogen) atoms. The van der Waals surface area contributed by atoms with Gasteiger partial charge in [0.15, 0.2) is 11.5 Å². The van der Waals surface area contributed by atoms with E-state index in [1.165, 1.54) is 19.2 Å². The van der Waals surface area contributed by atoms with Crippen LogP contribution in [0.3, 0.4) is 0 Å². The van der Waals surface area contributed by atoms with Crippen LogP contribution in [0.15, 0.2) is 12.1 Å². The third-order valence-electron chi connectivity index (χ3n) is 1.74. The van der Waals surface area contributed by atoms with Gasteiger partial charge in [-0.15, -0.1) is 0 Å². The summed E-state index contributed by atoms with van der Waals surface area (Å²) < 4.78 is 4.92. The second kappa shape index (κ2) is 3.85. The molecule has 3 nitrogen and oxygen atoms in total. The van der Waals surface area contributed by atoms with Crippen LogP contribution in [0.5, 0.6) is 11.5 Å². The number of benzene rings is 1. The summed E-state index contributed by atoms with van der Waals surface area (Å²) in [7, 11) is 1.41. The molecule has 0 saturated carbocycles. The molecule has 0 saturated heterocycles. The van der Waals surface area contributed by atoms with Gasteiger partial charge in [0, 0.05) is 5.56 Å². The lowest BCUT2D eigenvalue weighted by atomic mass is 10.1. The van der Waals surface area contributed by atoms with Gasteiger partial charge in [-0.25, -0.2) is 0 Å². The van der Waals surface area contributed by atoms with Crippen molar-refractivity contribution >= 4 is 11.6 Å². The van der Waals surface area contributed by atoms with Gasteiger partial charge in [0.2, 0.25) is 0 Å². The van der Waals surface area contributed by atoms with Gasteiger partial charge in [0.05, 0.1) is 18.2 Å². The zero-order chi connectivity index (χ0) is 10.0. The van der Waals surface area contributed by atoms with Crippen LogP contribution >= 0.6 is 11.6 Å². The summed E-state index contributed by atoms with van der Waals surface area (Å²) in [6.45, 7) is 1.56. The molecule has 1 aromatic rings. The molecule has 0 bridgehead atoms. The van der Waals surface area contributed by atoms with E-state index in [1.807, 2.05) is 0 Å². The maximum atomic E-state index is 9.37. The van der Waals surface area contributed by atoms with E-state index in [1.54, 1.807) is 6.92 Å². The minimum Gasteiger partial charge on any atom is -0.504 e. The molecule has 1 rings (SSSR count). The van der Waals surface area contributed by atoms with Crippen LogP contribution in [0, 0.1) is 0 Å². The number of aliphatic hydroxyl groups is 1. The van der Waals surface area contributed by atoms with Crippen molar-refractivity contribution in [3.63, 3.8) is 0 Å². The maximum Gasteiger partial charge on any atom is 0.167 e. The van der Waals surface area contributed by atoms with Gasteiger partial charge in [-0.05, 0) is 19.1 Å². The predicted molar refractivity (Wildman–Crippen MR) is 50.3 cm³/mol. The van der Waals surface area contributed by atoms with Crippen molar-refractivity contribution in [3.8, 4) is 11.5 Å². The molecule has 0 aliphatic rings. The number of methoxy groups -OCH3 is 1. The Labute approximate surface area is 81.5 Å². The van der Waals surface area contributed by atoms with Crippen LogP contribution in [-0.4, -0.2) is 17.3 Å². The summed E-state index contributed by atoms with van der Waals surface area (Å²) in [6.07, 6.45) is -0.769. The van der Waals surface area contributed by atoms with Crippen molar-refractivity contribution in [1.29, 1.82) is 0 Å². The lowest BCUT2D eigenvalue weighted by Gasteiger charge is -2.13. The summed E-state index contributed by atoms with van der Waals surface area (Å²) in [5, 5.41) is 19.1. The summed E-state index contributed by atoms with van der Waals surface area (Å²) in [5.41, 5.74) is 0.407. The van der Waals surface area contributed by atoms with Crippen LogP contribution in [0.1, 0.15) is 18.6 Å². The Morgan fingerprint density at radius 2 is 2.08 bits per heavy atom. The van der Waals surface area contributed by atoms with E-state index >= 15 is 0 Å². The maximum absolute atomic E-state index is 9.37. The van der Waals surface area contributed by atoms with Crippen LogP contribution in [0.4, 0.5) is 0 Å². The summed E-state index contributed by atoms with van der Waals surface area (Å²) in [4.78, 5) is 0. The van der Waals surface area contributed by atoms with Gasteiger partial charge < -0.3 is 14.9 Å². The lowest BCUT2D eigenvalue weighted by Crippen LogP contribution is -1.97. The molecular formula is C9H11ClO3. The van der Waals surface area contributed by atoms with Crippen molar-refractivity contribution in [2.75, 3.05) is 7.11 Å². The van der Waals surface area contributed by atoms with Gasteiger partial charge in [0.25, 0.3) is 0 Å². The monoisotopic (exact) mass is 202 g/mol. The number of rotatable bonds is 2. The number of phenolic OH excluding ortho intramolecular Hbond substituents is 1. The fourth-order valence-corrected chi connectivity index (χ4v) is 1.47. The summed E-state index contributed by atoms with van der Waals surface area (Å²) in [5.74, 6) is 0.199. The van der Waals surface area contributed by atoms with E-state index in [0.717, 1.165) is 0 Å². The normalized spacial score (nSPS) is 12.6. The van der Waals surface area contributed by atoms with Crippen molar-refractivity contribution < 1.29 is 14.9 Å². The molecule has 1 unspecified atom stereocenters. The largest absolute Gasteiger partial charge is 0.504 e. The van der Waals surface area contributed by atoms with Gasteiger partial charge in [-0.2, -0.15) is 0 Å². The van der Waals surface area contributed by atoms with Crippen molar-refractivity contribution in [2.24, 2.45) is 0 Å². The highest BCUT2D eigenvalue weighted by Crippen LogP contribution is 2.38. The molecule has 1 atom stereocenters. The first-order valence-corrected chi connectivity index (χ1v) is 4.19. The van der Waals surface area contributed by atoms with Crippen molar-refractivity contribution in [1.82, 2.24) is 0 Å². The van der Waals surface area contributed by atoms with Gasteiger partial charge in [0.1, 0.15) is 0 Å². The zero-order valence-corrected chi connectivity index (χ0v) is 8.17. The number of hydrogen-bond acceptors (Lipinski definition) is 3. The van der Waals surface area contributed by atoms with Gasteiger partial charge in [-0.1, -0.05) is 11.6 Å². The van der Waals surface area contributed by atoms with Gasteiger partial charge in [-0.3, -0.25) is 0 Å². The van der Waals surface area contributed by atoms with E-state index in [4.69, 9.17) is 16.3 Å². The number of ether oxygens (including phenoxy) is 1. The highest BCUT2D eigenvalue weighted by molar-refractivity contribution is 6.31. The highest BCUT2D eigenvalue weighted by Gasteiger charge is 2.16. The summed E-state index contributed by atoms with van der Waals surface area (Å²) >= 11 is 5.82. The molecule has 4 heteroatoms. The minimum absolute atomic E-state index is 0.0252. The number of halogens is 1. The summed E-state index contributed by atoms with van der Waals surface area (Å²) in [6, 6.07) is 2.94. The third kappa shape index (κ3) is 1.87. The quantitative estimate of drug-likeness (QED) is 0.772. The average Bonchev–Trinajstić information content (AvgIpc) is 2.07. The van der Waals surface area contributed by atoms with Crippen LogP contribution in [0.25, 0.3) is 0 Å². The van der Waals surface area contributed by atoms with E-state index in [0.29, 0.717) is 10.6 Å². The molecule has 0 amide bonds. The molecule has 0 spiro atoms. The Hall–Kier alpha value is -0.930. The average molecular weight is 203 g/mol. The SMILES string of the molecule is COc1c(O)ccc(Cl)c1C(C)O. The molecule has 0 radical (unpaired) electrons. The molecular weight excluding hydrogens is 192 g/mol. The number of aliphatic hydroxyl groups excluding tert-OH is 1. The number of hydrogen-bond donors (Lipinski definition) is 2.